The normalized spacial score (nSPS) is 31.7. The van der Waals surface area contributed by atoms with Crippen LogP contribution in [0.4, 0.5) is 4.79 Å². The largest absolute Gasteiger partial charge is 0.443 e. The highest BCUT2D eigenvalue weighted by Crippen LogP contribution is 2.33. The van der Waals surface area contributed by atoms with Crippen molar-refractivity contribution in [2.45, 2.75) is 116 Å². The molecule has 3 unspecified atom stereocenters. The average Bonchev–Trinajstić information content (AvgIpc) is 2.73. The van der Waals surface area contributed by atoms with Gasteiger partial charge < -0.3 is 19.7 Å². The van der Waals surface area contributed by atoms with Crippen molar-refractivity contribution in [2.75, 3.05) is 6.54 Å². The van der Waals surface area contributed by atoms with Crippen LogP contribution in [-0.2, 0) is 9.47 Å². The van der Waals surface area contributed by atoms with E-state index < -0.39 is 0 Å². The molecule has 1 N–H and O–H groups in total. The smallest absolute Gasteiger partial charge is 0.410 e. The van der Waals surface area contributed by atoms with Gasteiger partial charge in [0.05, 0.1) is 12.2 Å². The molecule has 1 amide bonds. The zero-order valence-electron chi connectivity index (χ0n) is 17.2. The van der Waals surface area contributed by atoms with Gasteiger partial charge in [0.25, 0.3) is 0 Å². The van der Waals surface area contributed by atoms with Crippen molar-refractivity contribution in [3.8, 4) is 0 Å². The lowest BCUT2D eigenvalue weighted by Gasteiger charge is -2.49. The zero-order chi connectivity index (χ0) is 18.8. The fourth-order valence-corrected chi connectivity index (χ4v) is 4.61. The molecule has 146 valence electrons. The molecule has 2 aliphatic rings. The number of hydrogen-bond donors (Lipinski definition) is 1. The molecule has 0 aliphatic carbocycles. The SMILES string of the molecule is CCCCN(C(=O)OC1CC(C)OC1C)C1CC(C)(C)NC(C)(C)C1. The second kappa shape index (κ2) is 7.83. The predicted molar refractivity (Wildman–Crippen MR) is 101 cm³/mol. The number of nitrogens with one attached hydrogen (secondary N) is 1. The van der Waals surface area contributed by atoms with Crippen LogP contribution in [0, 0.1) is 0 Å². The first-order valence-corrected chi connectivity index (χ1v) is 9.95. The van der Waals surface area contributed by atoms with Crippen LogP contribution in [0.1, 0.15) is 80.6 Å². The van der Waals surface area contributed by atoms with E-state index in [9.17, 15) is 4.79 Å². The quantitative estimate of drug-likeness (QED) is 0.807. The second-order valence-electron chi connectivity index (χ2n) is 9.31. The van der Waals surface area contributed by atoms with Crippen LogP contribution < -0.4 is 5.32 Å². The Balaban J connectivity index is 2.10. The van der Waals surface area contributed by atoms with Crippen LogP contribution >= 0.6 is 0 Å². The highest BCUT2D eigenvalue weighted by atomic mass is 16.6. The predicted octanol–water partition coefficient (Wildman–Crippen LogP) is 4.10. The molecule has 2 aliphatic heterocycles. The van der Waals surface area contributed by atoms with Gasteiger partial charge in [0, 0.05) is 30.1 Å². The van der Waals surface area contributed by atoms with Crippen LogP contribution in [0.25, 0.3) is 0 Å². The van der Waals surface area contributed by atoms with Gasteiger partial charge in [0.2, 0.25) is 0 Å². The molecule has 2 fully saturated rings. The van der Waals surface area contributed by atoms with E-state index in [1.165, 1.54) is 0 Å². The van der Waals surface area contributed by atoms with Gasteiger partial charge in [-0.05, 0) is 60.8 Å². The molecular formula is C20H38N2O3. The third-order valence-electron chi connectivity index (χ3n) is 5.38. The minimum atomic E-state index is -0.165. The topological polar surface area (TPSA) is 50.8 Å². The summed E-state index contributed by atoms with van der Waals surface area (Å²) in [4.78, 5) is 15.0. The summed E-state index contributed by atoms with van der Waals surface area (Å²) in [6.45, 7) is 15.8. The van der Waals surface area contributed by atoms with Crippen molar-refractivity contribution in [3.05, 3.63) is 0 Å². The molecule has 2 rings (SSSR count). The zero-order valence-corrected chi connectivity index (χ0v) is 17.2. The Morgan fingerprint density at radius 1 is 1.20 bits per heavy atom. The monoisotopic (exact) mass is 354 g/mol. The molecule has 0 saturated carbocycles. The molecule has 2 heterocycles. The lowest BCUT2D eigenvalue weighted by molar-refractivity contribution is -0.00636. The van der Waals surface area contributed by atoms with Gasteiger partial charge in [-0.3, -0.25) is 0 Å². The van der Waals surface area contributed by atoms with Crippen LogP contribution in [-0.4, -0.2) is 53.0 Å². The van der Waals surface area contributed by atoms with E-state index in [-0.39, 0.29) is 41.5 Å². The molecule has 0 aromatic heterocycles. The van der Waals surface area contributed by atoms with Crippen molar-refractivity contribution in [3.63, 3.8) is 0 Å². The van der Waals surface area contributed by atoms with Crippen LogP contribution in [0.3, 0.4) is 0 Å². The lowest BCUT2D eigenvalue weighted by Crippen LogP contribution is -2.63. The van der Waals surface area contributed by atoms with E-state index >= 15 is 0 Å². The van der Waals surface area contributed by atoms with Gasteiger partial charge in [-0.1, -0.05) is 13.3 Å². The number of hydrogen-bond acceptors (Lipinski definition) is 4. The molecule has 0 radical (unpaired) electrons. The first-order chi connectivity index (χ1) is 11.5. The number of unbranched alkanes of at least 4 members (excludes halogenated alkanes) is 1. The van der Waals surface area contributed by atoms with Gasteiger partial charge in [0.1, 0.15) is 6.10 Å². The van der Waals surface area contributed by atoms with Crippen LogP contribution in [0.15, 0.2) is 0 Å². The molecule has 0 bridgehead atoms. The minimum absolute atomic E-state index is 0.00936. The summed E-state index contributed by atoms with van der Waals surface area (Å²) in [5, 5.41) is 3.70. The Morgan fingerprint density at radius 2 is 1.80 bits per heavy atom. The fourth-order valence-electron chi connectivity index (χ4n) is 4.61. The van der Waals surface area contributed by atoms with Crippen molar-refractivity contribution < 1.29 is 14.3 Å². The van der Waals surface area contributed by atoms with E-state index in [0.717, 1.165) is 38.6 Å². The Bertz CT molecular complexity index is 448. The second-order valence-corrected chi connectivity index (χ2v) is 9.31. The number of rotatable bonds is 5. The Hall–Kier alpha value is -0.810. The summed E-state index contributed by atoms with van der Waals surface area (Å²) in [6, 6.07) is 0.209. The number of nitrogens with zero attached hydrogens (tertiary/aromatic N) is 1. The van der Waals surface area contributed by atoms with Crippen molar-refractivity contribution >= 4 is 6.09 Å². The first kappa shape index (κ1) is 20.5. The average molecular weight is 355 g/mol. The molecule has 2 saturated heterocycles. The van der Waals surface area contributed by atoms with E-state index in [1.54, 1.807) is 0 Å². The highest BCUT2D eigenvalue weighted by Gasteiger charge is 2.42. The molecule has 5 nitrogen and oxygen atoms in total. The number of amides is 1. The number of ether oxygens (including phenoxy) is 2. The molecule has 0 aromatic rings. The van der Waals surface area contributed by atoms with Gasteiger partial charge in [0.15, 0.2) is 0 Å². The molecule has 0 spiro atoms. The summed E-state index contributed by atoms with van der Waals surface area (Å²) in [5.74, 6) is 0. The fraction of sp³-hybridized carbons (Fsp3) is 0.950. The summed E-state index contributed by atoms with van der Waals surface area (Å²) in [5.41, 5.74) is 0.0187. The molecule has 0 aromatic carbocycles. The molecule has 25 heavy (non-hydrogen) atoms. The standard InChI is InChI=1S/C20H38N2O3/c1-8-9-10-22(16-12-19(4,5)21-20(6,7)13-16)18(23)25-17-11-14(2)24-15(17)3/h14-17,21H,8-13H2,1-7H3. The number of piperidine rings is 1. The van der Waals surface area contributed by atoms with Crippen molar-refractivity contribution in [1.82, 2.24) is 10.2 Å². The van der Waals surface area contributed by atoms with E-state index in [2.05, 4.69) is 39.9 Å². The third-order valence-corrected chi connectivity index (χ3v) is 5.38. The van der Waals surface area contributed by atoms with Crippen molar-refractivity contribution in [2.24, 2.45) is 0 Å². The Kier molecular flexibility index (Phi) is 6.42. The molecule has 3 atom stereocenters. The Labute approximate surface area is 153 Å². The molecule has 5 heteroatoms. The summed E-state index contributed by atoms with van der Waals surface area (Å²) in [7, 11) is 0. The summed E-state index contributed by atoms with van der Waals surface area (Å²) < 4.78 is 11.6. The van der Waals surface area contributed by atoms with Gasteiger partial charge in [-0.15, -0.1) is 0 Å². The van der Waals surface area contributed by atoms with Gasteiger partial charge in [-0.2, -0.15) is 0 Å². The Morgan fingerprint density at radius 3 is 2.28 bits per heavy atom. The highest BCUT2D eigenvalue weighted by molar-refractivity contribution is 5.68. The molecular weight excluding hydrogens is 316 g/mol. The van der Waals surface area contributed by atoms with Crippen LogP contribution in [0.5, 0.6) is 0 Å². The maximum Gasteiger partial charge on any atom is 0.410 e. The number of carbonyl (C=O) groups excluding carboxylic acids is 1. The van der Waals surface area contributed by atoms with Gasteiger partial charge >= 0.3 is 6.09 Å². The number of carbonyl (C=O) groups is 1. The van der Waals surface area contributed by atoms with Gasteiger partial charge in [-0.25, -0.2) is 4.79 Å². The minimum Gasteiger partial charge on any atom is -0.443 e. The van der Waals surface area contributed by atoms with E-state index in [1.807, 2.05) is 18.7 Å². The third kappa shape index (κ3) is 5.58. The summed E-state index contributed by atoms with van der Waals surface area (Å²) >= 11 is 0. The lowest BCUT2D eigenvalue weighted by atomic mass is 9.79. The maximum absolute atomic E-state index is 13.0. The van der Waals surface area contributed by atoms with Crippen molar-refractivity contribution in [1.29, 1.82) is 0 Å². The summed E-state index contributed by atoms with van der Waals surface area (Å²) in [6.07, 6.45) is 4.61. The van der Waals surface area contributed by atoms with E-state index in [4.69, 9.17) is 9.47 Å². The van der Waals surface area contributed by atoms with Crippen LogP contribution in [0.2, 0.25) is 0 Å². The first-order valence-electron chi connectivity index (χ1n) is 9.95. The van der Waals surface area contributed by atoms with E-state index in [0.29, 0.717) is 0 Å². The maximum atomic E-state index is 13.0.